The molecule has 1 N–H and O–H groups in total. The van der Waals surface area contributed by atoms with Crippen molar-refractivity contribution in [3.63, 3.8) is 0 Å². The van der Waals surface area contributed by atoms with E-state index in [2.05, 4.69) is 19.9 Å². The molecule has 2 heterocycles. The molecule has 1 aliphatic heterocycles. The van der Waals surface area contributed by atoms with E-state index in [0.717, 1.165) is 43.8 Å². The van der Waals surface area contributed by atoms with Crippen LogP contribution in [0.2, 0.25) is 0 Å². The van der Waals surface area contributed by atoms with Crippen molar-refractivity contribution >= 4 is 11.6 Å². The topological polar surface area (TPSA) is 54.5 Å². The summed E-state index contributed by atoms with van der Waals surface area (Å²) in [6, 6.07) is 6.89. The van der Waals surface area contributed by atoms with E-state index >= 15 is 0 Å². The van der Waals surface area contributed by atoms with Crippen molar-refractivity contribution < 1.29 is 27.1 Å². The van der Waals surface area contributed by atoms with Crippen LogP contribution in [0.25, 0.3) is 11.3 Å². The Kier molecular flexibility index (Phi) is 6.24. The maximum absolute atomic E-state index is 14.0. The molecule has 1 aromatic carbocycles. The number of pyridine rings is 1. The lowest BCUT2D eigenvalue weighted by Crippen LogP contribution is -2.38. The lowest BCUT2D eigenvalue weighted by Gasteiger charge is -2.33. The molecule has 2 aromatic rings. The smallest absolute Gasteiger partial charge is 0.403 e. The van der Waals surface area contributed by atoms with Gasteiger partial charge < -0.3 is 15.0 Å². The fourth-order valence-electron chi connectivity index (χ4n) is 3.32. The number of halogens is 4. The molecule has 0 saturated carbocycles. The maximum Gasteiger partial charge on any atom is 0.573 e. The third-order valence-electron chi connectivity index (χ3n) is 4.82. The summed E-state index contributed by atoms with van der Waals surface area (Å²) in [5, 5.41) is 2.84. The highest BCUT2D eigenvalue weighted by Crippen LogP contribution is 2.31. The second-order valence-electron chi connectivity index (χ2n) is 6.96. The minimum atomic E-state index is -4.95. The Bertz CT molecular complexity index is 865. The van der Waals surface area contributed by atoms with E-state index < -0.39 is 17.9 Å². The maximum atomic E-state index is 14.0. The normalized spacial score (nSPS) is 15.3. The quantitative estimate of drug-likeness (QED) is 0.752. The Morgan fingerprint density at radius 2 is 1.97 bits per heavy atom. The van der Waals surface area contributed by atoms with Gasteiger partial charge in [0.25, 0.3) is 0 Å². The fourth-order valence-corrected chi connectivity index (χ4v) is 3.32. The first-order valence-corrected chi connectivity index (χ1v) is 9.22. The molecule has 0 atom stereocenters. The third kappa shape index (κ3) is 5.82. The highest BCUT2D eigenvalue weighted by molar-refractivity contribution is 5.72. The van der Waals surface area contributed by atoms with Crippen molar-refractivity contribution in [2.24, 2.45) is 5.92 Å². The number of ether oxygens (including phenoxy) is 1. The van der Waals surface area contributed by atoms with Gasteiger partial charge in [0.05, 0.1) is 5.69 Å². The van der Waals surface area contributed by atoms with Crippen molar-refractivity contribution in [2.75, 3.05) is 24.5 Å². The predicted molar refractivity (Wildman–Crippen MR) is 99.9 cm³/mol. The first-order valence-electron chi connectivity index (χ1n) is 9.22. The molecule has 29 heavy (non-hydrogen) atoms. The molecule has 5 nitrogen and oxygen atoms in total. The number of aromatic nitrogens is 1. The number of carbonyl (C=O) groups is 1. The van der Waals surface area contributed by atoms with Crippen LogP contribution in [0.5, 0.6) is 5.75 Å². The Morgan fingerprint density at radius 1 is 1.24 bits per heavy atom. The fraction of sp³-hybridized carbons (Fsp3) is 0.400. The van der Waals surface area contributed by atoms with Gasteiger partial charge in [0, 0.05) is 44.0 Å². The lowest BCUT2D eigenvalue weighted by atomic mass is 9.96. The number of carbonyl (C=O) groups excluding carboxylic acids is 1. The Balaban J connectivity index is 1.69. The molecule has 156 valence electrons. The number of nitrogens with zero attached hydrogens (tertiary/aromatic N) is 2. The van der Waals surface area contributed by atoms with E-state index in [1.807, 2.05) is 6.07 Å². The number of anilines is 1. The van der Waals surface area contributed by atoms with Crippen LogP contribution in [0.4, 0.5) is 23.2 Å². The zero-order valence-corrected chi connectivity index (χ0v) is 15.8. The summed E-state index contributed by atoms with van der Waals surface area (Å²) in [6.07, 6.45) is -1.51. The van der Waals surface area contributed by atoms with Crippen LogP contribution in [0, 0.1) is 11.7 Å². The second kappa shape index (κ2) is 8.67. The summed E-state index contributed by atoms with van der Waals surface area (Å²) in [5.74, 6) is -1.60. The van der Waals surface area contributed by atoms with Crippen LogP contribution >= 0.6 is 0 Å². The van der Waals surface area contributed by atoms with Gasteiger partial charge in [-0.15, -0.1) is 13.2 Å². The Labute approximate surface area is 165 Å². The predicted octanol–water partition coefficient (Wildman–Crippen LogP) is 4.14. The van der Waals surface area contributed by atoms with Crippen molar-refractivity contribution in [1.82, 2.24) is 10.3 Å². The van der Waals surface area contributed by atoms with Gasteiger partial charge in [-0.05, 0) is 49.1 Å². The molecule has 3 rings (SSSR count). The van der Waals surface area contributed by atoms with Gasteiger partial charge >= 0.3 is 6.36 Å². The van der Waals surface area contributed by atoms with Crippen molar-refractivity contribution in [3.05, 3.63) is 42.3 Å². The van der Waals surface area contributed by atoms with Crippen LogP contribution in [0.1, 0.15) is 19.8 Å². The van der Waals surface area contributed by atoms with Crippen LogP contribution in [-0.4, -0.2) is 36.9 Å². The molecule has 0 spiro atoms. The number of hydrogen-bond acceptors (Lipinski definition) is 4. The minimum absolute atomic E-state index is 0.0370. The van der Waals surface area contributed by atoms with Gasteiger partial charge in [0.15, 0.2) is 11.6 Å². The summed E-state index contributed by atoms with van der Waals surface area (Å²) in [5.41, 5.74) is 1.73. The van der Waals surface area contributed by atoms with E-state index in [1.165, 1.54) is 13.0 Å². The van der Waals surface area contributed by atoms with E-state index in [-0.39, 0.29) is 5.91 Å². The second-order valence-corrected chi connectivity index (χ2v) is 6.96. The number of rotatable bonds is 5. The van der Waals surface area contributed by atoms with E-state index in [1.54, 1.807) is 12.3 Å². The summed E-state index contributed by atoms with van der Waals surface area (Å²) in [4.78, 5) is 17.4. The van der Waals surface area contributed by atoms with Gasteiger partial charge in [-0.25, -0.2) is 4.39 Å². The van der Waals surface area contributed by atoms with Crippen molar-refractivity contribution in [3.8, 4) is 17.0 Å². The van der Waals surface area contributed by atoms with Crippen molar-refractivity contribution in [2.45, 2.75) is 26.1 Å². The molecule has 1 amide bonds. The number of piperidine rings is 1. The monoisotopic (exact) mass is 411 g/mol. The van der Waals surface area contributed by atoms with Crippen LogP contribution in [0.15, 0.2) is 36.5 Å². The van der Waals surface area contributed by atoms with Gasteiger partial charge in [-0.1, -0.05) is 0 Å². The molecule has 0 radical (unpaired) electrons. The first-order chi connectivity index (χ1) is 13.7. The number of hydrogen-bond donors (Lipinski definition) is 1. The van der Waals surface area contributed by atoms with Gasteiger partial charge in [-0.2, -0.15) is 0 Å². The van der Waals surface area contributed by atoms with Gasteiger partial charge in [0.2, 0.25) is 5.91 Å². The minimum Gasteiger partial charge on any atom is -0.403 e. The molecule has 1 saturated heterocycles. The molecule has 9 heteroatoms. The molecule has 0 unspecified atom stereocenters. The van der Waals surface area contributed by atoms with Gasteiger partial charge in [0.1, 0.15) is 0 Å². The van der Waals surface area contributed by atoms with E-state index in [9.17, 15) is 22.4 Å². The summed E-state index contributed by atoms with van der Waals surface area (Å²) in [6.45, 7) is 3.77. The van der Waals surface area contributed by atoms with Gasteiger partial charge in [-0.3, -0.25) is 9.78 Å². The zero-order chi connectivity index (χ0) is 21.0. The van der Waals surface area contributed by atoms with Crippen molar-refractivity contribution in [1.29, 1.82) is 0 Å². The number of benzene rings is 1. The SMILES string of the molecule is CC(=O)NCC1CCN(c2ccnc(-c3ccc(OC(F)(F)F)c(F)c3)c2)CC1. The molecule has 0 bridgehead atoms. The van der Waals surface area contributed by atoms with Crippen LogP contribution < -0.4 is 15.0 Å². The number of alkyl halides is 3. The van der Waals surface area contributed by atoms with E-state index in [4.69, 9.17) is 0 Å². The summed E-state index contributed by atoms with van der Waals surface area (Å²) >= 11 is 0. The molecular weight excluding hydrogens is 390 g/mol. The van der Waals surface area contributed by atoms with Crippen LogP contribution in [-0.2, 0) is 4.79 Å². The Morgan fingerprint density at radius 3 is 2.59 bits per heavy atom. The average molecular weight is 411 g/mol. The summed E-state index contributed by atoms with van der Waals surface area (Å²) < 4.78 is 54.5. The molecular formula is C20H21F4N3O2. The molecule has 0 aliphatic carbocycles. The molecule has 1 fully saturated rings. The van der Waals surface area contributed by atoms with Crippen LogP contribution in [0.3, 0.4) is 0 Å². The van der Waals surface area contributed by atoms with E-state index in [0.29, 0.717) is 23.7 Å². The third-order valence-corrected chi connectivity index (χ3v) is 4.82. The first kappa shape index (κ1) is 20.9. The number of nitrogens with one attached hydrogen (secondary N) is 1. The highest BCUT2D eigenvalue weighted by atomic mass is 19.4. The summed E-state index contributed by atoms with van der Waals surface area (Å²) in [7, 11) is 0. The zero-order valence-electron chi connectivity index (χ0n) is 15.8. The largest absolute Gasteiger partial charge is 0.573 e. The average Bonchev–Trinajstić information content (AvgIpc) is 2.67. The standard InChI is InChI=1S/C20H21F4N3O2/c1-13(28)26-12-14-5-8-27(9-6-14)16-4-7-25-18(11-16)15-2-3-19(17(21)10-15)29-20(22,23)24/h2-4,7,10-11,14H,5-6,8-9,12H2,1H3,(H,26,28). The Hall–Kier alpha value is -2.84. The number of amides is 1. The molecule has 1 aromatic heterocycles. The lowest BCUT2D eigenvalue weighted by molar-refractivity contribution is -0.275. The highest BCUT2D eigenvalue weighted by Gasteiger charge is 2.32. The molecule has 1 aliphatic rings.